The van der Waals surface area contributed by atoms with Gasteiger partial charge in [-0.3, -0.25) is 9.59 Å². The molecule has 0 radical (unpaired) electrons. The number of ether oxygens (including phenoxy) is 2. The van der Waals surface area contributed by atoms with Crippen molar-refractivity contribution in [2.24, 2.45) is 17.3 Å². The van der Waals surface area contributed by atoms with Crippen molar-refractivity contribution in [3.8, 4) is 5.75 Å². The quantitative estimate of drug-likeness (QED) is 0.555. The maximum absolute atomic E-state index is 11.7. The molecule has 0 spiro atoms. The summed E-state index contributed by atoms with van der Waals surface area (Å²) in [5, 5.41) is 0. The molecular weight excluding hydrogens is 340 g/mol. The number of esters is 2. The topological polar surface area (TPSA) is 52.6 Å². The highest BCUT2D eigenvalue weighted by atomic mass is 16.6. The smallest absolute Gasteiger partial charge is 0.308 e. The van der Waals surface area contributed by atoms with Crippen LogP contribution in [-0.4, -0.2) is 17.5 Å². The summed E-state index contributed by atoms with van der Waals surface area (Å²) in [5.41, 5.74) is 2.49. The summed E-state index contributed by atoms with van der Waals surface area (Å²) in [6, 6.07) is 6.17. The molecule has 0 aromatic heterocycles. The summed E-state index contributed by atoms with van der Waals surface area (Å²) in [4.78, 5) is 23.0. The first-order valence-corrected chi connectivity index (χ1v) is 10.2. The lowest BCUT2D eigenvalue weighted by Gasteiger charge is -2.53. The van der Waals surface area contributed by atoms with E-state index in [4.69, 9.17) is 9.47 Å². The Morgan fingerprint density at radius 3 is 2.52 bits per heavy atom. The summed E-state index contributed by atoms with van der Waals surface area (Å²) in [6.07, 6.45) is 6.53. The second-order valence-corrected chi connectivity index (χ2v) is 9.19. The molecule has 0 bridgehead atoms. The number of hydrogen-bond donors (Lipinski definition) is 0. The maximum atomic E-state index is 11.7. The van der Waals surface area contributed by atoms with E-state index in [9.17, 15) is 9.59 Å². The predicted molar refractivity (Wildman–Crippen MR) is 103 cm³/mol. The van der Waals surface area contributed by atoms with Crippen molar-refractivity contribution in [2.75, 3.05) is 0 Å². The Bertz CT molecular complexity index is 785. The van der Waals surface area contributed by atoms with Crippen molar-refractivity contribution in [2.45, 2.75) is 77.7 Å². The van der Waals surface area contributed by atoms with Crippen molar-refractivity contribution in [1.82, 2.24) is 0 Å². The average molecular weight is 370 g/mol. The molecule has 0 saturated heterocycles. The van der Waals surface area contributed by atoms with Gasteiger partial charge in [-0.2, -0.15) is 0 Å². The average Bonchev–Trinajstić information content (AvgIpc) is 2.84. The first-order chi connectivity index (χ1) is 12.7. The molecule has 2 fully saturated rings. The standard InChI is InChI=1S/C23H30O4/c1-14(24)26-17-6-8-18-16(13-17)5-7-20-19(18)9-11-22(3)21(20)10-12-23(22,4)27-15(2)25/h6,8,13,19-21H,5,7,9-12H2,1-4H3/t19-,20-,21+,22+,23+/m1/s1. The van der Waals surface area contributed by atoms with Gasteiger partial charge in [-0.25, -0.2) is 0 Å². The minimum atomic E-state index is -0.339. The highest BCUT2D eigenvalue weighted by Gasteiger charge is 2.61. The number of benzene rings is 1. The second kappa shape index (κ2) is 6.35. The summed E-state index contributed by atoms with van der Waals surface area (Å²) in [5.74, 6) is 2.04. The molecule has 4 rings (SSSR count). The van der Waals surface area contributed by atoms with Gasteiger partial charge >= 0.3 is 11.9 Å². The molecule has 1 aromatic rings. The largest absolute Gasteiger partial charge is 0.459 e. The third kappa shape index (κ3) is 2.88. The Labute approximate surface area is 161 Å². The monoisotopic (exact) mass is 370 g/mol. The van der Waals surface area contributed by atoms with Crippen LogP contribution in [-0.2, 0) is 20.7 Å². The zero-order chi connectivity index (χ0) is 19.4. The first-order valence-electron chi connectivity index (χ1n) is 10.2. The van der Waals surface area contributed by atoms with Crippen LogP contribution in [0.2, 0.25) is 0 Å². The lowest BCUT2D eigenvalue weighted by Crippen LogP contribution is -2.51. The van der Waals surface area contributed by atoms with Crippen LogP contribution in [0, 0.1) is 17.3 Å². The van der Waals surface area contributed by atoms with Crippen LogP contribution in [0.15, 0.2) is 18.2 Å². The molecule has 0 amide bonds. The molecule has 4 nitrogen and oxygen atoms in total. The van der Waals surface area contributed by atoms with Gasteiger partial charge in [0.25, 0.3) is 0 Å². The SMILES string of the molecule is CC(=O)Oc1ccc2c(c1)CC[C@@H]1[C@@H]2CC[C@@]2(C)[C@H]1CC[C@]2(C)OC(C)=O. The Kier molecular flexibility index (Phi) is 4.36. The van der Waals surface area contributed by atoms with Gasteiger partial charge in [0.1, 0.15) is 11.4 Å². The van der Waals surface area contributed by atoms with Gasteiger partial charge in [0, 0.05) is 19.3 Å². The normalized spacial score (nSPS) is 37.0. The van der Waals surface area contributed by atoms with E-state index in [-0.39, 0.29) is 23.0 Å². The van der Waals surface area contributed by atoms with Gasteiger partial charge in [0.05, 0.1) is 0 Å². The Morgan fingerprint density at radius 2 is 1.81 bits per heavy atom. The zero-order valence-electron chi connectivity index (χ0n) is 16.8. The van der Waals surface area contributed by atoms with Crippen molar-refractivity contribution in [1.29, 1.82) is 0 Å². The van der Waals surface area contributed by atoms with Crippen LogP contribution in [0.5, 0.6) is 5.75 Å². The summed E-state index contributed by atoms with van der Waals surface area (Å²) >= 11 is 0. The highest BCUT2D eigenvalue weighted by Crippen LogP contribution is 2.65. The molecule has 3 aliphatic rings. The molecule has 27 heavy (non-hydrogen) atoms. The van der Waals surface area contributed by atoms with E-state index in [1.807, 2.05) is 6.07 Å². The number of carbonyl (C=O) groups excluding carboxylic acids is 2. The molecule has 0 heterocycles. The lowest BCUT2D eigenvalue weighted by atomic mass is 9.53. The van der Waals surface area contributed by atoms with Crippen LogP contribution >= 0.6 is 0 Å². The van der Waals surface area contributed by atoms with Gasteiger partial charge in [0.15, 0.2) is 0 Å². The molecular formula is C23H30O4. The van der Waals surface area contributed by atoms with Crippen molar-refractivity contribution in [3.63, 3.8) is 0 Å². The third-order valence-electron chi connectivity index (χ3n) is 7.86. The minimum Gasteiger partial charge on any atom is -0.459 e. The highest BCUT2D eigenvalue weighted by molar-refractivity contribution is 5.69. The van der Waals surface area contributed by atoms with Gasteiger partial charge < -0.3 is 9.47 Å². The fraction of sp³-hybridized carbons (Fsp3) is 0.652. The van der Waals surface area contributed by atoms with Crippen molar-refractivity contribution >= 4 is 11.9 Å². The van der Waals surface area contributed by atoms with E-state index in [1.54, 1.807) is 0 Å². The van der Waals surface area contributed by atoms with E-state index in [0.717, 1.165) is 38.5 Å². The van der Waals surface area contributed by atoms with Gasteiger partial charge in [-0.1, -0.05) is 13.0 Å². The molecule has 3 aliphatic carbocycles. The van der Waals surface area contributed by atoms with Gasteiger partial charge in [0.2, 0.25) is 0 Å². The molecule has 146 valence electrons. The van der Waals surface area contributed by atoms with Crippen molar-refractivity contribution < 1.29 is 19.1 Å². The second-order valence-electron chi connectivity index (χ2n) is 9.19. The molecule has 2 saturated carbocycles. The van der Waals surface area contributed by atoms with E-state index in [0.29, 0.717) is 23.5 Å². The van der Waals surface area contributed by atoms with Crippen LogP contribution in [0.1, 0.15) is 76.8 Å². The number of aryl methyl sites for hydroxylation is 1. The Balaban J connectivity index is 1.61. The van der Waals surface area contributed by atoms with Gasteiger partial charge in [-0.15, -0.1) is 0 Å². The summed E-state index contributed by atoms with van der Waals surface area (Å²) in [7, 11) is 0. The lowest BCUT2D eigenvalue weighted by molar-refractivity contribution is -0.173. The summed E-state index contributed by atoms with van der Waals surface area (Å²) in [6.45, 7) is 7.48. The maximum Gasteiger partial charge on any atom is 0.308 e. The van der Waals surface area contributed by atoms with E-state index in [2.05, 4.69) is 26.0 Å². The van der Waals surface area contributed by atoms with Crippen LogP contribution in [0.4, 0.5) is 0 Å². The zero-order valence-corrected chi connectivity index (χ0v) is 16.8. The number of hydrogen-bond acceptors (Lipinski definition) is 4. The van der Waals surface area contributed by atoms with E-state index >= 15 is 0 Å². The van der Waals surface area contributed by atoms with Crippen molar-refractivity contribution in [3.05, 3.63) is 29.3 Å². The van der Waals surface area contributed by atoms with Gasteiger partial charge in [-0.05, 0) is 86.5 Å². The molecule has 4 heteroatoms. The fourth-order valence-corrected chi connectivity index (χ4v) is 6.50. The van der Waals surface area contributed by atoms with Crippen LogP contribution in [0.25, 0.3) is 0 Å². The van der Waals surface area contributed by atoms with Crippen LogP contribution in [0.3, 0.4) is 0 Å². The fourth-order valence-electron chi connectivity index (χ4n) is 6.50. The molecule has 0 N–H and O–H groups in total. The molecule has 0 unspecified atom stereocenters. The minimum absolute atomic E-state index is 0.0645. The summed E-state index contributed by atoms with van der Waals surface area (Å²) < 4.78 is 11.2. The molecule has 0 aliphatic heterocycles. The predicted octanol–water partition coefficient (Wildman–Crippen LogP) is 4.79. The number of carbonyl (C=O) groups is 2. The number of rotatable bonds is 2. The molecule has 1 aromatic carbocycles. The molecule has 5 atom stereocenters. The third-order valence-corrected chi connectivity index (χ3v) is 7.86. The Morgan fingerprint density at radius 1 is 1.04 bits per heavy atom. The number of fused-ring (bicyclic) bond motifs is 5. The first kappa shape index (κ1) is 18.5. The van der Waals surface area contributed by atoms with E-state index in [1.165, 1.54) is 25.0 Å². The van der Waals surface area contributed by atoms with E-state index < -0.39 is 0 Å². The Hall–Kier alpha value is -1.84. The van der Waals surface area contributed by atoms with Crippen LogP contribution < -0.4 is 4.74 Å².